The highest BCUT2D eigenvalue weighted by Crippen LogP contribution is 2.41. The highest BCUT2D eigenvalue weighted by atomic mass is 35.5. The molecule has 2 aromatic carbocycles. The number of halogens is 1. The Balaban J connectivity index is 1.66. The Kier molecular flexibility index (Phi) is 7.34. The van der Waals surface area contributed by atoms with Crippen LogP contribution in [0.5, 0.6) is 5.75 Å². The maximum atomic E-state index is 12.8. The van der Waals surface area contributed by atoms with Gasteiger partial charge in [-0.2, -0.15) is 0 Å². The van der Waals surface area contributed by atoms with Gasteiger partial charge < -0.3 is 14.8 Å². The van der Waals surface area contributed by atoms with Crippen LogP contribution in [-0.2, 0) is 14.5 Å². The third-order valence-electron chi connectivity index (χ3n) is 6.33. The van der Waals surface area contributed by atoms with Gasteiger partial charge in [-0.3, -0.25) is 0 Å². The van der Waals surface area contributed by atoms with E-state index >= 15 is 0 Å². The van der Waals surface area contributed by atoms with Gasteiger partial charge in [-0.1, -0.05) is 60.9 Å². The first-order valence-electron chi connectivity index (χ1n) is 11.3. The summed E-state index contributed by atoms with van der Waals surface area (Å²) in [6.45, 7) is 2.04. The molecular weight excluding hydrogens is 459 g/mol. The highest BCUT2D eigenvalue weighted by molar-refractivity contribution is 7.92. The summed E-state index contributed by atoms with van der Waals surface area (Å²) in [6, 6.07) is 14.8. The van der Waals surface area contributed by atoms with Crippen molar-refractivity contribution in [3.05, 3.63) is 75.8 Å². The third-order valence-corrected chi connectivity index (χ3v) is 8.73. The van der Waals surface area contributed by atoms with Gasteiger partial charge in [0.25, 0.3) is 0 Å². The molecule has 8 heteroatoms. The van der Waals surface area contributed by atoms with Crippen LogP contribution < -0.4 is 0 Å². The Morgan fingerprint density at radius 3 is 2.70 bits per heavy atom. The number of rotatable bonds is 7. The van der Waals surface area contributed by atoms with Crippen molar-refractivity contribution in [3.63, 3.8) is 0 Å². The van der Waals surface area contributed by atoms with Crippen LogP contribution in [0.3, 0.4) is 0 Å². The second kappa shape index (κ2) is 10.1. The van der Waals surface area contributed by atoms with E-state index in [0.29, 0.717) is 17.9 Å². The van der Waals surface area contributed by atoms with Gasteiger partial charge in [0.15, 0.2) is 9.84 Å². The number of hydrogen-bond donors (Lipinski definition) is 2. The summed E-state index contributed by atoms with van der Waals surface area (Å²) in [4.78, 5) is 0. The maximum absolute atomic E-state index is 12.8. The molecule has 0 aromatic heterocycles. The Morgan fingerprint density at radius 2 is 2.00 bits per heavy atom. The van der Waals surface area contributed by atoms with Crippen molar-refractivity contribution in [2.24, 2.45) is 0 Å². The molecule has 0 unspecified atom stereocenters. The molecule has 0 spiro atoms. The predicted molar refractivity (Wildman–Crippen MR) is 134 cm³/mol. The lowest BCUT2D eigenvalue weighted by Gasteiger charge is -2.32. The summed E-state index contributed by atoms with van der Waals surface area (Å²) in [5.41, 5.74) is 4.63. The van der Waals surface area contributed by atoms with E-state index in [4.69, 9.17) is 16.3 Å². The average molecular weight is 487 g/mol. The van der Waals surface area contributed by atoms with Crippen molar-refractivity contribution in [1.29, 1.82) is 0 Å². The quantitative estimate of drug-likeness (QED) is 0.322. The van der Waals surface area contributed by atoms with Gasteiger partial charge in [0.2, 0.25) is 0 Å². The van der Waals surface area contributed by atoms with Crippen LogP contribution in [0.15, 0.2) is 59.7 Å². The van der Waals surface area contributed by atoms with Crippen molar-refractivity contribution in [1.82, 2.24) is 0 Å². The van der Waals surface area contributed by atoms with E-state index < -0.39 is 28.3 Å². The number of fused-ring (bicyclic) bond motifs is 1. The summed E-state index contributed by atoms with van der Waals surface area (Å²) in [6.07, 6.45) is 4.39. The minimum Gasteiger partial charge on any atom is -0.508 e. The zero-order valence-electron chi connectivity index (χ0n) is 18.6. The van der Waals surface area contributed by atoms with Crippen LogP contribution in [0.4, 0.5) is 0 Å². The number of allylic oxidation sites excluding steroid dienone is 1. The molecule has 0 aliphatic carbocycles. The maximum Gasteiger partial charge on any atom is 0.456 e. The molecule has 2 N–H and O–H groups in total. The molecule has 0 saturated carbocycles. The van der Waals surface area contributed by atoms with Crippen LogP contribution in [0.25, 0.3) is 11.6 Å². The largest absolute Gasteiger partial charge is 0.508 e. The van der Waals surface area contributed by atoms with Gasteiger partial charge in [-0.05, 0) is 65.8 Å². The van der Waals surface area contributed by atoms with E-state index in [2.05, 4.69) is 0 Å². The predicted octanol–water partition coefficient (Wildman–Crippen LogP) is 5.14. The molecule has 2 aliphatic heterocycles. The molecule has 2 atom stereocenters. The lowest BCUT2D eigenvalue weighted by Crippen LogP contribution is -2.41. The van der Waals surface area contributed by atoms with Crippen molar-refractivity contribution >= 4 is 40.2 Å². The standard InChI is InChI=1S/C25H28BClO5S/c1-2-6-20-16-33(30,31)24-15-26(29)32-23(25(20)24)12-10-18(17-7-4-3-5-8-17)13-19-9-11-21(28)14-22(19)27/h3-5,7-9,11,13-14,23-24,28-29H,2,6,10,12,15-16H2,1H3/b18-13-/t23-,24+/m1/s1. The first-order valence-corrected chi connectivity index (χ1v) is 13.4. The zero-order chi connectivity index (χ0) is 23.6. The monoisotopic (exact) mass is 486 g/mol. The molecule has 1 saturated heterocycles. The van der Waals surface area contributed by atoms with Crippen molar-refractivity contribution in [2.45, 2.75) is 50.3 Å². The first kappa shape index (κ1) is 24.1. The number of sulfone groups is 1. The van der Waals surface area contributed by atoms with Crippen LogP contribution >= 0.6 is 11.6 Å². The fourth-order valence-corrected chi connectivity index (χ4v) is 7.25. The summed E-state index contributed by atoms with van der Waals surface area (Å²) in [5, 5.41) is 19.8. The van der Waals surface area contributed by atoms with E-state index in [1.54, 1.807) is 12.1 Å². The minimum absolute atomic E-state index is 0.0674. The number of aromatic hydroxyl groups is 1. The second-order valence-electron chi connectivity index (χ2n) is 8.70. The Hall–Kier alpha value is -2.06. The molecule has 2 aliphatic rings. The second-order valence-corrected chi connectivity index (χ2v) is 11.3. The third kappa shape index (κ3) is 5.38. The summed E-state index contributed by atoms with van der Waals surface area (Å²) >= 11 is 6.35. The van der Waals surface area contributed by atoms with Gasteiger partial charge in [-0.15, -0.1) is 0 Å². The topological polar surface area (TPSA) is 83.8 Å². The van der Waals surface area contributed by atoms with Crippen LogP contribution in [0, 0.1) is 0 Å². The minimum atomic E-state index is -3.30. The summed E-state index contributed by atoms with van der Waals surface area (Å²) < 4.78 is 31.5. The summed E-state index contributed by atoms with van der Waals surface area (Å²) in [7, 11) is -4.39. The molecule has 0 amide bonds. The fraction of sp³-hybridized carbons (Fsp3) is 0.360. The molecule has 174 valence electrons. The van der Waals surface area contributed by atoms with Crippen molar-refractivity contribution < 1.29 is 23.2 Å². The van der Waals surface area contributed by atoms with E-state index in [0.717, 1.165) is 40.7 Å². The molecule has 4 rings (SSSR count). The first-order chi connectivity index (χ1) is 15.8. The number of phenolic OH excluding ortho intramolecular Hbond substituents is 1. The summed E-state index contributed by atoms with van der Waals surface area (Å²) in [5.74, 6) is 0.171. The molecule has 0 radical (unpaired) electrons. The highest BCUT2D eigenvalue weighted by Gasteiger charge is 2.48. The van der Waals surface area contributed by atoms with Crippen LogP contribution in [-0.4, -0.2) is 42.8 Å². The van der Waals surface area contributed by atoms with E-state index in [9.17, 15) is 18.5 Å². The van der Waals surface area contributed by atoms with E-state index in [1.807, 2.05) is 43.3 Å². The van der Waals surface area contributed by atoms with E-state index in [1.165, 1.54) is 6.07 Å². The Morgan fingerprint density at radius 1 is 1.24 bits per heavy atom. The van der Waals surface area contributed by atoms with Gasteiger partial charge in [0, 0.05) is 6.32 Å². The van der Waals surface area contributed by atoms with Crippen molar-refractivity contribution in [3.8, 4) is 5.75 Å². The SMILES string of the molecule is CCCC1=C2[C@@H](CC/C(=C/c3ccc(O)cc3Cl)c3ccccc3)OB(O)C[C@@H]2S(=O)(=O)C1. The average Bonchev–Trinajstić information content (AvgIpc) is 3.03. The lowest BCUT2D eigenvalue weighted by molar-refractivity contribution is 0.171. The molecule has 1 fully saturated rings. The Labute approximate surface area is 200 Å². The number of hydrogen-bond acceptors (Lipinski definition) is 5. The zero-order valence-corrected chi connectivity index (χ0v) is 20.1. The van der Waals surface area contributed by atoms with Crippen LogP contribution in [0.1, 0.15) is 43.7 Å². The molecule has 5 nitrogen and oxygen atoms in total. The number of benzene rings is 2. The fourth-order valence-electron chi connectivity index (χ4n) is 4.86. The lowest BCUT2D eigenvalue weighted by atomic mass is 9.74. The van der Waals surface area contributed by atoms with Crippen LogP contribution in [0.2, 0.25) is 11.3 Å². The molecule has 0 bridgehead atoms. The van der Waals surface area contributed by atoms with Crippen molar-refractivity contribution in [2.75, 3.05) is 5.75 Å². The number of phenols is 1. The molecule has 33 heavy (non-hydrogen) atoms. The smallest absolute Gasteiger partial charge is 0.456 e. The Bertz CT molecular complexity index is 1180. The van der Waals surface area contributed by atoms with Gasteiger partial charge in [0.1, 0.15) is 5.75 Å². The molecule has 2 aromatic rings. The normalized spacial score (nSPS) is 22.5. The van der Waals surface area contributed by atoms with Gasteiger partial charge in [0.05, 0.1) is 22.1 Å². The molecular formula is C25H28BClO5S. The van der Waals surface area contributed by atoms with E-state index in [-0.39, 0.29) is 17.8 Å². The van der Waals surface area contributed by atoms with Gasteiger partial charge >= 0.3 is 7.12 Å². The molecule has 2 heterocycles. The van der Waals surface area contributed by atoms with Gasteiger partial charge in [-0.25, -0.2) is 8.42 Å².